The maximum Gasteiger partial charge on any atom is 0.261 e. The minimum atomic E-state index is -3.69. The van der Waals surface area contributed by atoms with Crippen LogP contribution in [-0.2, 0) is 25.0 Å². The molecule has 1 aromatic rings. The zero-order chi connectivity index (χ0) is 15.5. The molecule has 7 heteroatoms. The molecule has 21 heavy (non-hydrogen) atoms. The van der Waals surface area contributed by atoms with Crippen LogP contribution in [0.2, 0.25) is 0 Å². The molecule has 0 atom stereocenters. The van der Waals surface area contributed by atoms with Crippen molar-refractivity contribution in [3.63, 3.8) is 0 Å². The number of aryl methyl sites for hydroxylation is 1. The number of halogens is 1. The smallest absolute Gasteiger partial charge is 0.261 e. The van der Waals surface area contributed by atoms with Crippen molar-refractivity contribution in [3.05, 3.63) is 29.8 Å². The van der Waals surface area contributed by atoms with Gasteiger partial charge in [-0.05, 0) is 37.0 Å². The second-order valence-electron chi connectivity index (χ2n) is 5.18. The van der Waals surface area contributed by atoms with E-state index in [1.807, 2.05) is 0 Å². The van der Waals surface area contributed by atoms with Crippen LogP contribution < -0.4 is 5.32 Å². The van der Waals surface area contributed by atoms with Gasteiger partial charge in [0.25, 0.3) is 9.05 Å². The second kappa shape index (κ2) is 6.77. The molecule has 0 heterocycles. The standard InChI is InChI=1S/C14H18ClNO4S/c1-20-12-8-11(9-12)16-14(17)7-4-10-2-5-13(6-3-10)21(15,18)19/h2-3,5-6,11-12H,4,7-9H2,1H3,(H,16,17). The summed E-state index contributed by atoms with van der Waals surface area (Å²) in [5.74, 6) is 0.00333. The van der Waals surface area contributed by atoms with Crippen molar-refractivity contribution in [2.45, 2.75) is 42.7 Å². The third-order valence-electron chi connectivity index (χ3n) is 3.64. The molecule has 0 saturated heterocycles. The predicted octanol–water partition coefficient (Wildman–Crippen LogP) is 1.84. The number of rotatable bonds is 6. The Labute approximate surface area is 129 Å². The third kappa shape index (κ3) is 4.69. The summed E-state index contributed by atoms with van der Waals surface area (Å²) in [5, 5.41) is 2.95. The van der Waals surface area contributed by atoms with Crippen molar-refractivity contribution in [2.75, 3.05) is 7.11 Å². The summed E-state index contributed by atoms with van der Waals surface area (Å²) < 4.78 is 27.4. The maximum atomic E-state index is 11.8. The van der Waals surface area contributed by atoms with Gasteiger partial charge in [-0.25, -0.2) is 8.42 Å². The minimum Gasteiger partial charge on any atom is -0.381 e. The summed E-state index contributed by atoms with van der Waals surface area (Å²) in [7, 11) is 3.22. The highest BCUT2D eigenvalue weighted by Crippen LogP contribution is 2.22. The van der Waals surface area contributed by atoms with E-state index in [-0.39, 0.29) is 22.9 Å². The van der Waals surface area contributed by atoms with Gasteiger partial charge in [0.05, 0.1) is 11.0 Å². The average molecular weight is 332 g/mol. The number of carbonyl (C=O) groups excluding carboxylic acids is 1. The van der Waals surface area contributed by atoms with Crippen LogP contribution in [0.15, 0.2) is 29.2 Å². The molecule has 1 amide bonds. The van der Waals surface area contributed by atoms with Crippen LogP contribution in [0.4, 0.5) is 0 Å². The van der Waals surface area contributed by atoms with Crippen LogP contribution in [0.1, 0.15) is 24.8 Å². The van der Waals surface area contributed by atoms with Crippen LogP contribution >= 0.6 is 10.7 Å². The summed E-state index contributed by atoms with van der Waals surface area (Å²) in [6, 6.07) is 6.46. The topological polar surface area (TPSA) is 72.5 Å². The van der Waals surface area contributed by atoms with Crippen molar-refractivity contribution in [2.24, 2.45) is 0 Å². The number of amides is 1. The molecular formula is C14H18ClNO4S. The van der Waals surface area contributed by atoms with E-state index in [0.717, 1.165) is 18.4 Å². The van der Waals surface area contributed by atoms with Gasteiger partial charge in [-0.15, -0.1) is 0 Å². The number of methoxy groups -OCH3 is 1. The molecule has 1 aromatic carbocycles. The van der Waals surface area contributed by atoms with E-state index in [4.69, 9.17) is 15.4 Å². The normalized spacial score (nSPS) is 21.6. The zero-order valence-electron chi connectivity index (χ0n) is 11.7. The lowest BCUT2D eigenvalue weighted by molar-refractivity contribution is -0.123. The zero-order valence-corrected chi connectivity index (χ0v) is 13.3. The minimum absolute atomic E-state index is 0.00333. The molecule has 1 N–H and O–H groups in total. The van der Waals surface area contributed by atoms with Crippen molar-refractivity contribution in [3.8, 4) is 0 Å². The number of nitrogens with one attached hydrogen (secondary N) is 1. The summed E-state index contributed by atoms with van der Waals surface area (Å²) in [6.45, 7) is 0. The fourth-order valence-corrected chi connectivity index (χ4v) is 3.02. The van der Waals surface area contributed by atoms with Gasteiger partial charge < -0.3 is 10.1 Å². The van der Waals surface area contributed by atoms with E-state index in [9.17, 15) is 13.2 Å². The van der Waals surface area contributed by atoms with Gasteiger partial charge in [0.1, 0.15) is 0 Å². The first-order chi connectivity index (χ1) is 9.88. The Hall–Kier alpha value is -1.11. The molecule has 1 saturated carbocycles. The second-order valence-corrected chi connectivity index (χ2v) is 7.74. The predicted molar refractivity (Wildman–Crippen MR) is 79.8 cm³/mol. The summed E-state index contributed by atoms with van der Waals surface area (Å²) in [6.07, 6.45) is 2.94. The molecule has 5 nitrogen and oxygen atoms in total. The van der Waals surface area contributed by atoms with Crippen molar-refractivity contribution in [1.82, 2.24) is 5.32 Å². The first-order valence-corrected chi connectivity index (χ1v) is 9.05. The van der Waals surface area contributed by atoms with E-state index < -0.39 is 9.05 Å². The molecule has 1 fully saturated rings. The quantitative estimate of drug-likeness (QED) is 0.807. The molecule has 1 aliphatic rings. The molecule has 0 aromatic heterocycles. The Kier molecular flexibility index (Phi) is 5.24. The Morgan fingerprint density at radius 2 is 1.95 bits per heavy atom. The molecule has 0 unspecified atom stereocenters. The first-order valence-electron chi connectivity index (χ1n) is 6.74. The fourth-order valence-electron chi connectivity index (χ4n) is 2.25. The first kappa shape index (κ1) is 16.3. The maximum absolute atomic E-state index is 11.8. The van der Waals surface area contributed by atoms with E-state index in [0.29, 0.717) is 12.8 Å². The SMILES string of the molecule is COC1CC(NC(=O)CCc2ccc(S(=O)(=O)Cl)cc2)C1. The summed E-state index contributed by atoms with van der Waals surface area (Å²) in [5.41, 5.74) is 0.901. The Balaban J connectivity index is 1.77. The van der Waals surface area contributed by atoms with Gasteiger partial charge in [-0.3, -0.25) is 4.79 Å². The largest absolute Gasteiger partial charge is 0.381 e. The highest BCUT2D eigenvalue weighted by molar-refractivity contribution is 8.13. The van der Waals surface area contributed by atoms with Gasteiger partial charge in [0.15, 0.2) is 0 Å². The van der Waals surface area contributed by atoms with Gasteiger partial charge >= 0.3 is 0 Å². The van der Waals surface area contributed by atoms with Crippen molar-refractivity contribution < 1.29 is 17.9 Å². The van der Waals surface area contributed by atoms with Crippen molar-refractivity contribution >= 4 is 25.6 Å². The molecular weight excluding hydrogens is 314 g/mol. The van der Waals surface area contributed by atoms with E-state index in [1.54, 1.807) is 19.2 Å². The van der Waals surface area contributed by atoms with Crippen LogP contribution in [0.5, 0.6) is 0 Å². The molecule has 0 bridgehead atoms. The Bertz CT molecular complexity index is 594. The highest BCUT2D eigenvalue weighted by atomic mass is 35.7. The van der Waals surface area contributed by atoms with Gasteiger partial charge in [0.2, 0.25) is 5.91 Å². The molecule has 0 aliphatic heterocycles. The highest BCUT2D eigenvalue weighted by Gasteiger charge is 2.29. The van der Waals surface area contributed by atoms with Gasteiger partial charge in [0, 0.05) is 30.3 Å². The fraction of sp³-hybridized carbons (Fsp3) is 0.500. The van der Waals surface area contributed by atoms with Gasteiger partial charge in [-0.2, -0.15) is 0 Å². The number of carbonyl (C=O) groups is 1. The Morgan fingerprint density at radius 1 is 1.33 bits per heavy atom. The lowest BCUT2D eigenvalue weighted by atomic mass is 9.89. The lowest BCUT2D eigenvalue weighted by Gasteiger charge is -2.34. The van der Waals surface area contributed by atoms with E-state index in [1.165, 1.54) is 12.1 Å². The molecule has 116 valence electrons. The van der Waals surface area contributed by atoms with Crippen molar-refractivity contribution in [1.29, 1.82) is 0 Å². The van der Waals surface area contributed by atoms with Crippen LogP contribution in [0.25, 0.3) is 0 Å². The van der Waals surface area contributed by atoms with Crippen LogP contribution in [-0.4, -0.2) is 33.6 Å². The average Bonchev–Trinajstić information content (AvgIpc) is 2.39. The summed E-state index contributed by atoms with van der Waals surface area (Å²) in [4.78, 5) is 11.8. The number of benzene rings is 1. The number of hydrogen-bond acceptors (Lipinski definition) is 4. The third-order valence-corrected chi connectivity index (χ3v) is 5.01. The van der Waals surface area contributed by atoms with Gasteiger partial charge in [-0.1, -0.05) is 12.1 Å². The van der Waals surface area contributed by atoms with Crippen LogP contribution in [0, 0.1) is 0 Å². The Morgan fingerprint density at radius 3 is 2.48 bits per heavy atom. The molecule has 0 spiro atoms. The number of hydrogen-bond donors (Lipinski definition) is 1. The van der Waals surface area contributed by atoms with E-state index >= 15 is 0 Å². The number of ether oxygens (including phenoxy) is 1. The molecule has 1 aliphatic carbocycles. The monoisotopic (exact) mass is 331 g/mol. The summed E-state index contributed by atoms with van der Waals surface area (Å²) >= 11 is 0. The molecule has 2 rings (SSSR count). The van der Waals surface area contributed by atoms with Crippen LogP contribution in [0.3, 0.4) is 0 Å². The lowest BCUT2D eigenvalue weighted by Crippen LogP contribution is -2.47. The van der Waals surface area contributed by atoms with E-state index in [2.05, 4.69) is 5.32 Å². The molecule has 0 radical (unpaired) electrons.